The van der Waals surface area contributed by atoms with Crippen LogP contribution >= 0.6 is 11.3 Å². The normalized spacial score (nSPS) is 15.3. The first-order valence-corrected chi connectivity index (χ1v) is 14.4. The summed E-state index contributed by atoms with van der Waals surface area (Å²) in [6.45, 7) is 0.291. The lowest BCUT2D eigenvalue weighted by atomic mass is 10.1. The summed E-state index contributed by atoms with van der Waals surface area (Å²) >= 11 is 1.27. The van der Waals surface area contributed by atoms with E-state index in [9.17, 15) is 18.0 Å². The molecule has 198 valence electrons. The molecule has 5 rings (SSSR count). The lowest BCUT2D eigenvalue weighted by Gasteiger charge is -2.27. The monoisotopic (exact) mass is 560 g/mol. The van der Waals surface area contributed by atoms with E-state index in [0.29, 0.717) is 25.8 Å². The van der Waals surface area contributed by atoms with Crippen molar-refractivity contribution in [2.24, 2.45) is 0 Å². The van der Waals surface area contributed by atoms with E-state index in [-0.39, 0.29) is 31.0 Å². The molecule has 0 bridgehead atoms. The number of nitrogens with two attached hydrogens (primary N) is 1. The summed E-state index contributed by atoms with van der Waals surface area (Å²) in [6.07, 6.45) is -1.03. The van der Waals surface area contributed by atoms with Crippen molar-refractivity contribution in [2.45, 2.75) is 30.5 Å². The van der Waals surface area contributed by atoms with Gasteiger partial charge in [-0.2, -0.15) is 9.57 Å². The molecule has 11 heteroatoms. The van der Waals surface area contributed by atoms with Crippen LogP contribution in [-0.2, 0) is 32.7 Å². The molecule has 2 amide bonds. The SMILES string of the molecule is N#Cc1cc(CN2CC[C@H](N(C(=O)OCc3ccccc3)S(=O)(=O)c3ccc4ccc(N)cc4c3)C2=O)cs1. The molecule has 1 atom stereocenters. The first-order valence-electron chi connectivity index (χ1n) is 12.1. The Kier molecular flexibility index (Phi) is 7.24. The van der Waals surface area contributed by atoms with Gasteiger partial charge in [0.05, 0.1) is 4.90 Å². The van der Waals surface area contributed by atoms with Crippen LogP contribution in [0.2, 0.25) is 0 Å². The van der Waals surface area contributed by atoms with Gasteiger partial charge in [0.25, 0.3) is 10.0 Å². The Hall–Kier alpha value is -4.40. The first kappa shape index (κ1) is 26.2. The van der Waals surface area contributed by atoms with Gasteiger partial charge in [-0.1, -0.05) is 42.5 Å². The number of hydrogen-bond donors (Lipinski definition) is 1. The van der Waals surface area contributed by atoms with Crippen molar-refractivity contribution in [3.05, 3.63) is 94.2 Å². The van der Waals surface area contributed by atoms with E-state index in [1.807, 2.05) is 6.07 Å². The van der Waals surface area contributed by atoms with Crippen LogP contribution in [0.1, 0.15) is 22.4 Å². The van der Waals surface area contributed by atoms with Crippen LogP contribution in [0, 0.1) is 11.3 Å². The minimum Gasteiger partial charge on any atom is -0.444 e. The Morgan fingerprint density at radius 3 is 2.59 bits per heavy atom. The molecule has 1 fully saturated rings. The van der Waals surface area contributed by atoms with Crippen molar-refractivity contribution in [3.63, 3.8) is 0 Å². The Morgan fingerprint density at radius 1 is 1.08 bits per heavy atom. The molecule has 3 aromatic carbocycles. The molecule has 4 aromatic rings. The summed E-state index contributed by atoms with van der Waals surface area (Å²) in [7, 11) is -4.49. The molecule has 1 aliphatic heterocycles. The maximum Gasteiger partial charge on any atom is 0.424 e. The van der Waals surface area contributed by atoms with Crippen molar-refractivity contribution in [2.75, 3.05) is 12.3 Å². The molecule has 0 spiro atoms. The van der Waals surface area contributed by atoms with Gasteiger partial charge >= 0.3 is 6.09 Å². The molecule has 0 unspecified atom stereocenters. The molecule has 1 aromatic heterocycles. The number of nitrogens with zero attached hydrogens (tertiary/aromatic N) is 3. The molecule has 0 radical (unpaired) electrons. The topological polar surface area (TPSA) is 134 Å². The standard InChI is InChI=1S/C28H24N4O5S2/c29-15-24-12-20(18-38-24)16-31-11-10-26(27(31)33)32(28(34)37-17-19-4-2-1-3-5-19)39(35,36)25-9-7-21-6-8-23(30)13-22(21)14-25/h1-9,12-14,18,26H,10-11,16-17,30H2/t26-/m0/s1. The highest BCUT2D eigenvalue weighted by Crippen LogP contribution is 2.30. The number of nitriles is 1. The lowest BCUT2D eigenvalue weighted by molar-refractivity contribution is -0.131. The Labute approximate surface area is 229 Å². The fraction of sp³-hybridized carbons (Fsp3) is 0.179. The third-order valence-corrected chi connectivity index (χ3v) is 9.12. The van der Waals surface area contributed by atoms with Crippen LogP contribution in [0.25, 0.3) is 10.8 Å². The molecular weight excluding hydrogens is 536 g/mol. The number of carbonyl (C=O) groups excluding carboxylic acids is 2. The molecule has 2 N–H and O–H groups in total. The number of nitrogen functional groups attached to an aromatic ring is 1. The van der Waals surface area contributed by atoms with E-state index >= 15 is 0 Å². The largest absolute Gasteiger partial charge is 0.444 e. The van der Waals surface area contributed by atoms with E-state index in [1.54, 1.807) is 60.0 Å². The highest BCUT2D eigenvalue weighted by molar-refractivity contribution is 7.89. The quantitative estimate of drug-likeness (QED) is 0.329. The van der Waals surface area contributed by atoms with E-state index in [1.165, 1.54) is 28.4 Å². The molecule has 39 heavy (non-hydrogen) atoms. The first-order chi connectivity index (χ1) is 18.8. The van der Waals surface area contributed by atoms with Gasteiger partial charge in [-0.05, 0) is 64.0 Å². The minimum absolute atomic E-state index is 0.105. The smallest absolute Gasteiger partial charge is 0.424 e. The zero-order valence-electron chi connectivity index (χ0n) is 20.7. The Bertz CT molecular complexity index is 1700. The fourth-order valence-electron chi connectivity index (χ4n) is 4.53. The fourth-order valence-corrected chi connectivity index (χ4v) is 6.74. The van der Waals surface area contributed by atoms with Gasteiger partial charge in [0.15, 0.2) is 0 Å². The maximum atomic E-state index is 13.9. The number of carbonyl (C=O) groups is 2. The van der Waals surface area contributed by atoms with Gasteiger partial charge in [0.1, 0.15) is 23.6 Å². The van der Waals surface area contributed by atoms with Gasteiger partial charge in [-0.15, -0.1) is 11.3 Å². The van der Waals surface area contributed by atoms with E-state index < -0.39 is 28.1 Å². The number of anilines is 1. The highest BCUT2D eigenvalue weighted by atomic mass is 32.2. The Balaban J connectivity index is 1.47. The second kappa shape index (κ2) is 10.8. The summed E-state index contributed by atoms with van der Waals surface area (Å²) < 4.78 is 33.9. The summed E-state index contributed by atoms with van der Waals surface area (Å²) in [4.78, 5) is 28.7. The van der Waals surface area contributed by atoms with Gasteiger partial charge in [0, 0.05) is 18.8 Å². The van der Waals surface area contributed by atoms with E-state index in [0.717, 1.165) is 10.9 Å². The average molecular weight is 561 g/mol. The predicted molar refractivity (Wildman–Crippen MR) is 147 cm³/mol. The zero-order valence-corrected chi connectivity index (χ0v) is 22.3. The molecule has 1 saturated heterocycles. The van der Waals surface area contributed by atoms with Crippen LogP contribution < -0.4 is 5.73 Å². The second-order valence-electron chi connectivity index (χ2n) is 9.10. The van der Waals surface area contributed by atoms with E-state index in [4.69, 9.17) is 15.7 Å². The van der Waals surface area contributed by atoms with Crippen molar-refractivity contribution < 1.29 is 22.7 Å². The minimum atomic E-state index is -4.49. The van der Waals surface area contributed by atoms with Crippen molar-refractivity contribution in [3.8, 4) is 6.07 Å². The second-order valence-corrected chi connectivity index (χ2v) is 11.8. The highest BCUT2D eigenvalue weighted by Gasteiger charge is 2.45. The maximum absolute atomic E-state index is 13.9. The van der Waals surface area contributed by atoms with Crippen LogP contribution in [-0.4, -0.2) is 42.2 Å². The molecule has 2 heterocycles. The van der Waals surface area contributed by atoms with Crippen LogP contribution in [0.4, 0.5) is 10.5 Å². The third kappa shape index (κ3) is 5.43. The van der Waals surface area contributed by atoms with Crippen LogP contribution in [0.15, 0.2) is 83.1 Å². The lowest BCUT2D eigenvalue weighted by Crippen LogP contribution is -2.48. The van der Waals surface area contributed by atoms with Crippen LogP contribution in [0.5, 0.6) is 0 Å². The summed E-state index contributed by atoms with van der Waals surface area (Å²) in [5.41, 5.74) is 7.79. The van der Waals surface area contributed by atoms with Crippen molar-refractivity contribution in [1.82, 2.24) is 9.21 Å². The number of rotatable bonds is 7. The van der Waals surface area contributed by atoms with Crippen molar-refractivity contribution in [1.29, 1.82) is 5.26 Å². The summed E-state index contributed by atoms with van der Waals surface area (Å²) in [6, 6.07) is 20.9. The number of sulfonamides is 1. The number of ether oxygens (including phenoxy) is 1. The van der Waals surface area contributed by atoms with Gasteiger partial charge in [-0.3, -0.25) is 4.79 Å². The number of fused-ring (bicyclic) bond motifs is 1. The van der Waals surface area contributed by atoms with E-state index in [2.05, 4.69) is 6.07 Å². The predicted octanol–water partition coefficient (Wildman–Crippen LogP) is 4.48. The molecular formula is C28H24N4O5S2. The molecule has 9 nitrogen and oxygen atoms in total. The van der Waals surface area contributed by atoms with Crippen LogP contribution in [0.3, 0.4) is 0 Å². The number of hydrogen-bond acceptors (Lipinski definition) is 8. The molecule has 0 saturated carbocycles. The number of likely N-dealkylation sites (tertiary alicyclic amines) is 1. The van der Waals surface area contributed by atoms with Gasteiger partial charge < -0.3 is 15.4 Å². The number of thiophene rings is 1. The molecule has 1 aliphatic rings. The number of benzene rings is 3. The zero-order chi connectivity index (χ0) is 27.6. The van der Waals surface area contributed by atoms with Gasteiger partial charge in [0.2, 0.25) is 5.91 Å². The third-order valence-electron chi connectivity index (χ3n) is 6.47. The van der Waals surface area contributed by atoms with Crippen molar-refractivity contribution >= 4 is 49.8 Å². The Morgan fingerprint density at radius 2 is 1.85 bits per heavy atom. The summed E-state index contributed by atoms with van der Waals surface area (Å²) in [5.74, 6) is -0.509. The number of amides is 2. The summed E-state index contributed by atoms with van der Waals surface area (Å²) in [5, 5.41) is 12.2. The van der Waals surface area contributed by atoms with Gasteiger partial charge in [-0.25, -0.2) is 13.2 Å². The average Bonchev–Trinajstić information content (AvgIpc) is 3.54. The molecule has 0 aliphatic carbocycles.